The molecular formula is C8H16N2O3S. The maximum Gasteiger partial charge on any atom is 0.223 e. The number of carbonyl (C=O) groups is 1. The van der Waals surface area contributed by atoms with E-state index in [4.69, 9.17) is 0 Å². The topological polar surface area (TPSA) is 75.3 Å². The lowest BCUT2D eigenvalue weighted by atomic mass is 10.3. The summed E-state index contributed by atoms with van der Waals surface area (Å²) in [5.41, 5.74) is 0. The van der Waals surface area contributed by atoms with Gasteiger partial charge in [-0.15, -0.1) is 0 Å². The molecule has 1 fully saturated rings. The fourth-order valence-corrected chi connectivity index (χ4v) is 1.71. The largest absolute Gasteiger partial charge is 0.355 e. The molecule has 1 amide bonds. The predicted octanol–water partition coefficient (Wildman–Crippen LogP) is -0.692. The molecule has 2 N–H and O–H groups in total. The Morgan fingerprint density at radius 1 is 1.43 bits per heavy atom. The SMILES string of the molecule is C[C@H]1C[C@@H]1C(=O)NCCNS(C)(=O)=O. The highest BCUT2D eigenvalue weighted by Gasteiger charge is 2.38. The van der Waals surface area contributed by atoms with E-state index in [1.807, 2.05) is 6.92 Å². The second kappa shape index (κ2) is 4.27. The van der Waals surface area contributed by atoms with Crippen molar-refractivity contribution in [2.75, 3.05) is 19.3 Å². The lowest BCUT2D eigenvalue weighted by Gasteiger charge is -2.04. The van der Waals surface area contributed by atoms with E-state index >= 15 is 0 Å². The van der Waals surface area contributed by atoms with Crippen molar-refractivity contribution in [3.63, 3.8) is 0 Å². The Labute approximate surface area is 84.3 Å². The van der Waals surface area contributed by atoms with Gasteiger partial charge in [0.1, 0.15) is 0 Å². The molecule has 0 bridgehead atoms. The first-order valence-electron chi connectivity index (χ1n) is 4.62. The summed E-state index contributed by atoms with van der Waals surface area (Å²) in [4.78, 5) is 11.3. The summed E-state index contributed by atoms with van der Waals surface area (Å²) in [7, 11) is -3.14. The molecule has 14 heavy (non-hydrogen) atoms. The monoisotopic (exact) mass is 220 g/mol. The Balaban J connectivity index is 2.07. The molecule has 2 atom stereocenters. The van der Waals surface area contributed by atoms with Crippen LogP contribution in [0.4, 0.5) is 0 Å². The van der Waals surface area contributed by atoms with Gasteiger partial charge in [0, 0.05) is 19.0 Å². The van der Waals surface area contributed by atoms with E-state index in [9.17, 15) is 13.2 Å². The zero-order valence-electron chi connectivity index (χ0n) is 8.41. The summed E-state index contributed by atoms with van der Waals surface area (Å²) >= 11 is 0. The van der Waals surface area contributed by atoms with E-state index < -0.39 is 10.0 Å². The van der Waals surface area contributed by atoms with Gasteiger partial charge < -0.3 is 5.32 Å². The number of hydrogen-bond donors (Lipinski definition) is 2. The van der Waals surface area contributed by atoms with Crippen LogP contribution < -0.4 is 10.0 Å². The Kier molecular flexibility index (Phi) is 3.49. The Morgan fingerprint density at radius 2 is 2.00 bits per heavy atom. The van der Waals surface area contributed by atoms with Crippen molar-refractivity contribution >= 4 is 15.9 Å². The lowest BCUT2D eigenvalue weighted by molar-refractivity contribution is -0.122. The lowest BCUT2D eigenvalue weighted by Crippen LogP contribution is -2.35. The van der Waals surface area contributed by atoms with Gasteiger partial charge in [-0.1, -0.05) is 6.92 Å². The molecule has 6 heteroatoms. The minimum Gasteiger partial charge on any atom is -0.355 e. The molecule has 1 saturated carbocycles. The predicted molar refractivity (Wildman–Crippen MR) is 53.1 cm³/mol. The molecule has 82 valence electrons. The van der Waals surface area contributed by atoms with Crippen molar-refractivity contribution < 1.29 is 13.2 Å². The number of rotatable bonds is 5. The summed E-state index contributed by atoms with van der Waals surface area (Å²) in [5, 5.41) is 2.68. The van der Waals surface area contributed by atoms with Gasteiger partial charge in [0.15, 0.2) is 0 Å². The maximum atomic E-state index is 11.3. The van der Waals surface area contributed by atoms with Gasteiger partial charge in [-0.3, -0.25) is 4.79 Å². The van der Waals surface area contributed by atoms with E-state index in [1.54, 1.807) is 0 Å². The summed E-state index contributed by atoms with van der Waals surface area (Å²) in [6, 6.07) is 0. The van der Waals surface area contributed by atoms with Gasteiger partial charge in [-0.05, 0) is 12.3 Å². The molecule has 0 aromatic carbocycles. The van der Waals surface area contributed by atoms with Crippen molar-refractivity contribution in [1.82, 2.24) is 10.0 Å². The number of carbonyl (C=O) groups excluding carboxylic acids is 1. The molecule has 0 aromatic heterocycles. The molecule has 1 rings (SSSR count). The van der Waals surface area contributed by atoms with Gasteiger partial charge in [-0.25, -0.2) is 13.1 Å². The molecule has 0 heterocycles. The molecule has 0 unspecified atom stereocenters. The van der Waals surface area contributed by atoms with Crippen LogP contribution in [0.3, 0.4) is 0 Å². The van der Waals surface area contributed by atoms with Crippen molar-refractivity contribution in [3.8, 4) is 0 Å². The Morgan fingerprint density at radius 3 is 2.43 bits per heavy atom. The summed E-state index contributed by atoms with van der Waals surface area (Å²) in [6.07, 6.45) is 2.04. The first kappa shape index (κ1) is 11.5. The van der Waals surface area contributed by atoms with Crippen LogP contribution in [0.25, 0.3) is 0 Å². The van der Waals surface area contributed by atoms with Crippen LogP contribution in [0.1, 0.15) is 13.3 Å². The van der Waals surface area contributed by atoms with Crippen LogP contribution in [0, 0.1) is 11.8 Å². The van der Waals surface area contributed by atoms with Crippen LogP contribution in [-0.2, 0) is 14.8 Å². The van der Waals surface area contributed by atoms with E-state index in [1.165, 1.54) is 0 Å². The second-order valence-corrected chi connectivity index (χ2v) is 5.61. The maximum absolute atomic E-state index is 11.3. The molecule has 1 aliphatic rings. The van der Waals surface area contributed by atoms with Crippen LogP contribution in [0.5, 0.6) is 0 Å². The average molecular weight is 220 g/mol. The number of hydrogen-bond acceptors (Lipinski definition) is 3. The molecule has 0 spiro atoms. The number of amides is 1. The van der Waals surface area contributed by atoms with Gasteiger partial charge in [0.05, 0.1) is 6.26 Å². The highest BCUT2D eigenvalue weighted by molar-refractivity contribution is 7.88. The van der Waals surface area contributed by atoms with Gasteiger partial charge in [0.2, 0.25) is 15.9 Å². The highest BCUT2D eigenvalue weighted by atomic mass is 32.2. The first-order chi connectivity index (χ1) is 6.40. The fraction of sp³-hybridized carbons (Fsp3) is 0.875. The Bertz CT molecular complexity index is 313. The van der Waals surface area contributed by atoms with E-state index in [2.05, 4.69) is 10.0 Å². The molecule has 0 radical (unpaired) electrons. The molecule has 5 nitrogen and oxygen atoms in total. The van der Waals surface area contributed by atoms with E-state index in [-0.39, 0.29) is 18.4 Å². The summed E-state index contributed by atoms with van der Waals surface area (Å²) in [6.45, 7) is 2.64. The standard InChI is InChI=1S/C8H16N2O3S/c1-6-5-7(6)8(11)9-3-4-10-14(2,12)13/h6-7,10H,3-5H2,1-2H3,(H,9,11)/t6-,7-/m0/s1. The van der Waals surface area contributed by atoms with Crippen LogP contribution in [0.15, 0.2) is 0 Å². The van der Waals surface area contributed by atoms with Crippen LogP contribution in [-0.4, -0.2) is 33.7 Å². The van der Waals surface area contributed by atoms with Gasteiger partial charge >= 0.3 is 0 Å². The quantitative estimate of drug-likeness (QED) is 0.602. The fourth-order valence-electron chi connectivity index (χ4n) is 1.24. The Hall–Kier alpha value is -0.620. The van der Waals surface area contributed by atoms with Crippen molar-refractivity contribution in [1.29, 1.82) is 0 Å². The minimum atomic E-state index is -3.14. The minimum absolute atomic E-state index is 0.0350. The van der Waals surface area contributed by atoms with Crippen molar-refractivity contribution in [2.45, 2.75) is 13.3 Å². The molecule has 0 aliphatic heterocycles. The third-order valence-corrected chi connectivity index (χ3v) is 2.96. The van der Waals surface area contributed by atoms with Crippen LogP contribution in [0.2, 0.25) is 0 Å². The third kappa shape index (κ3) is 4.06. The molecule has 1 aliphatic carbocycles. The van der Waals surface area contributed by atoms with Gasteiger partial charge in [0.25, 0.3) is 0 Å². The normalized spacial score (nSPS) is 25.9. The summed E-state index contributed by atoms with van der Waals surface area (Å²) in [5.74, 6) is 0.666. The molecule has 0 saturated heterocycles. The highest BCUT2D eigenvalue weighted by Crippen LogP contribution is 2.37. The third-order valence-electron chi connectivity index (χ3n) is 2.23. The van der Waals surface area contributed by atoms with Crippen molar-refractivity contribution in [3.05, 3.63) is 0 Å². The second-order valence-electron chi connectivity index (χ2n) is 3.78. The van der Waals surface area contributed by atoms with E-state index in [0.717, 1.165) is 12.7 Å². The average Bonchev–Trinajstić information content (AvgIpc) is 2.74. The smallest absolute Gasteiger partial charge is 0.223 e. The first-order valence-corrected chi connectivity index (χ1v) is 6.51. The zero-order chi connectivity index (χ0) is 10.8. The van der Waals surface area contributed by atoms with Crippen molar-refractivity contribution in [2.24, 2.45) is 11.8 Å². The number of sulfonamides is 1. The number of nitrogens with one attached hydrogen (secondary N) is 2. The van der Waals surface area contributed by atoms with E-state index in [0.29, 0.717) is 12.5 Å². The van der Waals surface area contributed by atoms with Gasteiger partial charge in [-0.2, -0.15) is 0 Å². The molecular weight excluding hydrogens is 204 g/mol. The zero-order valence-corrected chi connectivity index (χ0v) is 9.23. The van der Waals surface area contributed by atoms with Crippen LogP contribution >= 0.6 is 0 Å². The molecule has 0 aromatic rings. The summed E-state index contributed by atoms with van der Waals surface area (Å²) < 4.78 is 23.6.